The summed E-state index contributed by atoms with van der Waals surface area (Å²) in [6, 6.07) is 34.8. The van der Waals surface area contributed by atoms with Gasteiger partial charge in [-0.05, 0) is 72.5 Å². The normalized spacial score (nSPS) is 11.8. The molecule has 3 N–H and O–H groups in total. The first-order valence-corrected chi connectivity index (χ1v) is 15.9. The van der Waals surface area contributed by atoms with Gasteiger partial charge in [-0.2, -0.15) is 0 Å². The third-order valence-corrected chi connectivity index (χ3v) is 8.70. The van der Waals surface area contributed by atoms with E-state index in [-0.39, 0.29) is 16.9 Å². The van der Waals surface area contributed by atoms with Gasteiger partial charge < -0.3 is 25.4 Å². The lowest BCUT2D eigenvalue weighted by Crippen LogP contribution is -2.30. The molecule has 0 aromatic heterocycles. The first-order chi connectivity index (χ1) is 22.9. The molecule has 5 rings (SSSR count). The van der Waals surface area contributed by atoms with Crippen molar-refractivity contribution in [1.82, 2.24) is 5.32 Å². The highest BCUT2D eigenvalue weighted by molar-refractivity contribution is 8.00. The maximum atomic E-state index is 13.7. The fourth-order valence-electron chi connectivity index (χ4n) is 4.93. The van der Waals surface area contributed by atoms with Crippen molar-refractivity contribution in [3.63, 3.8) is 0 Å². The lowest BCUT2D eigenvalue weighted by Gasteiger charge is -2.17. The molecule has 0 saturated carbocycles. The first kappa shape index (κ1) is 32.8. The van der Waals surface area contributed by atoms with Crippen molar-refractivity contribution < 1.29 is 23.9 Å². The van der Waals surface area contributed by atoms with Crippen LogP contribution in [-0.4, -0.2) is 37.2 Å². The van der Waals surface area contributed by atoms with Crippen LogP contribution >= 0.6 is 11.8 Å². The van der Waals surface area contributed by atoms with Gasteiger partial charge in [0.05, 0.1) is 19.5 Å². The van der Waals surface area contributed by atoms with E-state index in [0.717, 1.165) is 21.4 Å². The zero-order chi connectivity index (χ0) is 33.2. The van der Waals surface area contributed by atoms with Crippen LogP contribution in [0.1, 0.15) is 29.3 Å². The molecule has 8 nitrogen and oxygen atoms in total. The molecule has 0 spiro atoms. The molecule has 0 aliphatic carbocycles. The molecule has 47 heavy (non-hydrogen) atoms. The highest BCUT2D eigenvalue weighted by Crippen LogP contribution is 2.31. The van der Waals surface area contributed by atoms with Gasteiger partial charge in [-0.25, -0.2) is 0 Å². The second kappa shape index (κ2) is 15.6. The number of ether oxygens (including phenoxy) is 2. The first-order valence-electron chi connectivity index (χ1n) is 15.0. The van der Waals surface area contributed by atoms with Crippen LogP contribution < -0.4 is 25.4 Å². The lowest BCUT2D eigenvalue weighted by molar-refractivity contribution is -0.116. The predicted octanol–water partition coefficient (Wildman–Crippen LogP) is 7.78. The van der Waals surface area contributed by atoms with Crippen LogP contribution in [0, 0.1) is 0 Å². The Morgan fingerprint density at radius 1 is 0.787 bits per heavy atom. The summed E-state index contributed by atoms with van der Waals surface area (Å²) in [6.07, 6.45) is 2.14. The van der Waals surface area contributed by atoms with Crippen molar-refractivity contribution in [3.8, 4) is 11.5 Å². The molecule has 0 radical (unpaired) electrons. The Balaban J connectivity index is 1.36. The van der Waals surface area contributed by atoms with Crippen LogP contribution in [-0.2, 0) is 9.59 Å². The molecule has 5 aromatic carbocycles. The second-order valence-corrected chi connectivity index (χ2v) is 11.8. The number of nitrogens with one attached hydrogen (secondary N) is 3. The van der Waals surface area contributed by atoms with Crippen LogP contribution in [0.25, 0.3) is 16.8 Å². The van der Waals surface area contributed by atoms with Crippen molar-refractivity contribution in [2.45, 2.75) is 23.5 Å². The number of fused-ring (bicyclic) bond motifs is 1. The third-order valence-electron chi connectivity index (χ3n) is 7.35. The molecule has 0 fully saturated rings. The Morgan fingerprint density at radius 3 is 2.30 bits per heavy atom. The van der Waals surface area contributed by atoms with E-state index in [0.29, 0.717) is 34.7 Å². The fraction of sp³-hybridized carbons (Fsp3) is 0.132. The van der Waals surface area contributed by atoms with Gasteiger partial charge in [0.1, 0.15) is 17.2 Å². The zero-order valence-corrected chi connectivity index (χ0v) is 27.1. The van der Waals surface area contributed by atoms with Gasteiger partial charge in [0.2, 0.25) is 5.91 Å². The van der Waals surface area contributed by atoms with Gasteiger partial charge >= 0.3 is 0 Å². The van der Waals surface area contributed by atoms with Crippen molar-refractivity contribution in [2.75, 3.05) is 24.9 Å². The van der Waals surface area contributed by atoms with Gasteiger partial charge in [-0.1, -0.05) is 67.6 Å². The number of methoxy groups -OCH3 is 2. The van der Waals surface area contributed by atoms with E-state index in [4.69, 9.17) is 9.47 Å². The number of anilines is 2. The average Bonchev–Trinajstić information content (AvgIpc) is 3.10. The predicted molar refractivity (Wildman–Crippen MR) is 189 cm³/mol. The molecule has 0 aliphatic rings. The summed E-state index contributed by atoms with van der Waals surface area (Å²) >= 11 is 1.41. The Morgan fingerprint density at radius 2 is 1.53 bits per heavy atom. The number of hydrogen-bond acceptors (Lipinski definition) is 6. The molecule has 0 bridgehead atoms. The van der Waals surface area contributed by atoms with Crippen LogP contribution in [0.4, 0.5) is 11.4 Å². The van der Waals surface area contributed by atoms with Crippen molar-refractivity contribution in [2.24, 2.45) is 0 Å². The van der Waals surface area contributed by atoms with Crippen molar-refractivity contribution >= 4 is 57.7 Å². The summed E-state index contributed by atoms with van der Waals surface area (Å²) in [4.78, 5) is 41.0. The molecule has 238 valence electrons. The number of hydrogen-bond donors (Lipinski definition) is 3. The van der Waals surface area contributed by atoms with E-state index in [1.54, 1.807) is 67.8 Å². The molecule has 0 aliphatic heterocycles. The van der Waals surface area contributed by atoms with E-state index in [9.17, 15) is 14.4 Å². The molecule has 0 saturated heterocycles. The lowest BCUT2D eigenvalue weighted by atomic mass is 10.1. The largest absolute Gasteiger partial charge is 0.497 e. The molecule has 3 amide bonds. The number of thioether (sulfide) groups is 1. The Bertz CT molecular complexity index is 1920. The van der Waals surface area contributed by atoms with Crippen molar-refractivity contribution in [3.05, 3.63) is 132 Å². The quantitative estimate of drug-likeness (QED) is 0.0946. The number of carbonyl (C=O) groups excluding carboxylic acids is 3. The molecule has 1 unspecified atom stereocenters. The summed E-state index contributed by atoms with van der Waals surface area (Å²) in [5.74, 6) is -0.0330. The van der Waals surface area contributed by atoms with E-state index in [1.807, 2.05) is 67.6 Å². The Kier molecular flexibility index (Phi) is 10.9. The fourth-order valence-corrected chi connectivity index (χ4v) is 5.94. The van der Waals surface area contributed by atoms with Gasteiger partial charge in [0, 0.05) is 32.8 Å². The van der Waals surface area contributed by atoms with E-state index in [2.05, 4.69) is 16.0 Å². The minimum absolute atomic E-state index is 0.00404. The Labute approximate surface area is 278 Å². The van der Waals surface area contributed by atoms with Crippen LogP contribution in [0.3, 0.4) is 0 Å². The molecular weight excluding hydrogens is 611 g/mol. The summed E-state index contributed by atoms with van der Waals surface area (Å²) in [7, 11) is 3.07. The SMILES string of the molecule is CCC(Sc1cccc(NC(=O)/C(=C\c2cc(OC)ccc2OC)NC(=O)c2ccccc2)c1)C(=O)Nc1cccc2ccccc12. The molecule has 0 heterocycles. The smallest absolute Gasteiger partial charge is 0.272 e. The highest BCUT2D eigenvalue weighted by Gasteiger charge is 2.20. The highest BCUT2D eigenvalue weighted by atomic mass is 32.2. The second-order valence-electron chi connectivity index (χ2n) is 10.5. The number of rotatable bonds is 12. The monoisotopic (exact) mass is 645 g/mol. The molecule has 5 aromatic rings. The maximum Gasteiger partial charge on any atom is 0.272 e. The zero-order valence-electron chi connectivity index (χ0n) is 26.3. The summed E-state index contributed by atoms with van der Waals surface area (Å²) in [5.41, 5.74) is 2.20. The minimum atomic E-state index is -0.540. The van der Waals surface area contributed by atoms with E-state index >= 15 is 0 Å². The van der Waals surface area contributed by atoms with E-state index in [1.165, 1.54) is 18.9 Å². The molecule has 1 atom stereocenters. The Hall–Kier alpha value is -5.54. The number of benzene rings is 5. The van der Waals surface area contributed by atoms with Crippen LogP contribution in [0.5, 0.6) is 11.5 Å². The van der Waals surface area contributed by atoms with E-state index < -0.39 is 11.8 Å². The summed E-state index contributed by atoms with van der Waals surface area (Å²) in [5, 5.41) is 10.4. The van der Waals surface area contributed by atoms with Gasteiger partial charge in [-0.15, -0.1) is 11.8 Å². The number of amides is 3. The summed E-state index contributed by atoms with van der Waals surface area (Å²) in [6.45, 7) is 1.96. The number of carbonyl (C=O) groups is 3. The van der Waals surface area contributed by atoms with Gasteiger partial charge in [-0.3, -0.25) is 14.4 Å². The topological polar surface area (TPSA) is 106 Å². The van der Waals surface area contributed by atoms with Crippen molar-refractivity contribution in [1.29, 1.82) is 0 Å². The van der Waals surface area contributed by atoms with Gasteiger partial charge in [0.15, 0.2) is 0 Å². The summed E-state index contributed by atoms with van der Waals surface area (Å²) < 4.78 is 10.9. The average molecular weight is 646 g/mol. The van der Waals surface area contributed by atoms with Crippen LogP contribution in [0.15, 0.2) is 126 Å². The molecular formula is C38H35N3O5S. The maximum absolute atomic E-state index is 13.7. The standard InChI is InChI=1S/C38H35N3O5S/c1-4-35(38(44)40-32-19-10-15-25-12-8-9-18-31(25)32)47-30-17-11-16-28(24-30)39-37(43)33(41-36(42)26-13-6-5-7-14-26)23-27-22-29(45-2)20-21-34(27)46-3/h5-24,35H,4H2,1-3H3,(H,39,43)(H,40,44)(H,41,42)/b33-23+. The van der Waals surface area contributed by atoms with Crippen LogP contribution in [0.2, 0.25) is 0 Å². The van der Waals surface area contributed by atoms with Gasteiger partial charge in [0.25, 0.3) is 11.8 Å². The molecule has 9 heteroatoms. The third kappa shape index (κ3) is 8.39. The minimum Gasteiger partial charge on any atom is -0.497 e.